The molecule has 2 heterocycles. The summed E-state index contributed by atoms with van der Waals surface area (Å²) in [5, 5.41) is 8.30. The van der Waals surface area contributed by atoms with Crippen LogP contribution in [-0.4, -0.2) is 30.5 Å². The number of alkyl halides is 3. The van der Waals surface area contributed by atoms with E-state index in [9.17, 15) is 26.4 Å². The molecule has 0 saturated heterocycles. The Kier molecular flexibility index (Phi) is 6.52. The number of amides is 1. The molecule has 1 aliphatic heterocycles. The SMILES string of the molecule is CS(=O)(=O)Nc1ccccc1CNc1nc(Nc2ccc3c(c2)CCC(=O)N3)ncc1C(F)(F)F. The Balaban J connectivity index is 1.58. The number of sulfonamides is 1. The molecule has 0 unspecified atom stereocenters. The highest BCUT2D eigenvalue weighted by atomic mass is 32.2. The molecule has 0 atom stereocenters. The Hall–Kier alpha value is -3.87. The van der Waals surface area contributed by atoms with Crippen LogP contribution in [0.2, 0.25) is 0 Å². The highest BCUT2D eigenvalue weighted by Crippen LogP contribution is 2.35. The molecule has 4 rings (SSSR count). The van der Waals surface area contributed by atoms with E-state index in [-0.39, 0.29) is 24.1 Å². The second-order valence-corrected chi connectivity index (χ2v) is 9.63. The normalized spacial score (nSPS) is 13.5. The third kappa shape index (κ3) is 6.18. The maximum absolute atomic E-state index is 13.6. The minimum Gasteiger partial charge on any atom is -0.365 e. The van der Waals surface area contributed by atoms with Gasteiger partial charge in [-0.3, -0.25) is 9.52 Å². The van der Waals surface area contributed by atoms with Crippen LogP contribution in [0.5, 0.6) is 0 Å². The number of aryl methyl sites for hydroxylation is 1. The number of fused-ring (bicyclic) bond motifs is 1. The van der Waals surface area contributed by atoms with E-state index in [1.54, 1.807) is 36.4 Å². The summed E-state index contributed by atoms with van der Waals surface area (Å²) in [6.45, 7) is -0.128. The second-order valence-electron chi connectivity index (χ2n) is 7.88. The summed E-state index contributed by atoms with van der Waals surface area (Å²) in [5.41, 5.74) is 1.72. The van der Waals surface area contributed by atoms with Gasteiger partial charge in [0.05, 0.1) is 11.9 Å². The number of aromatic nitrogens is 2. The number of hydrogen-bond donors (Lipinski definition) is 4. The fraction of sp³-hybridized carbons (Fsp3) is 0.227. The molecule has 0 saturated carbocycles. The molecular weight excluding hydrogens is 485 g/mol. The van der Waals surface area contributed by atoms with E-state index in [0.717, 1.165) is 11.8 Å². The molecule has 1 aromatic heterocycles. The zero-order chi connectivity index (χ0) is 25.2. The first-order chi connectivity index (χ1) is 16.5. The van der Waals surface area contributed by atoms with Crippen molar-refractivity contribution in [2.45, 2.75) is 25.6 Å². The molecule has 3 aromatic rings. The van der Waals surface area contributed by atoms with E-state index >= 15 is 0 Å². The Morgan fingerprint density at radius 2 is 1.89 bits per heavy atom. The van der Waals surface area contributed by atoms with Gasteiger partial charge in [-0.05, 0) is 41.8 Å². The van der Waals surface area contributed by atoms with E-state index in [1.165, 1.54) is 6.07 Å². The van der Waals surface area contributed by atoms with E-state index in [1.807, 2.05) is 0 Å². The largest absolute Gasteiger partial charge is 0.421 e. The van der Waals surface area contributed by atoms with E-state index < -0.39 is 27.6 Å². The number of anilines is 5. The summed E-state index contributed by atoms with van der Waals surface area (Å²) in [4.78, 5) is 19.3. The van der Waals surface area contributed by atoms with Crippen LogP contribution < -0.4 is 20.7 Å². The van der Waals surface area contributed by atoms with Crippen LogP contribution >= 0.6 is 0 Å². The molecule has 0 radical (unpaired) electrons. The number of halogens is 3. The van der Waals surface area contributed by atoms with Crippen LogP contribution in [0.3, 0.4) is 0 Å². The first-order valence-corrected chi connectivity index (χ1v) is 12.3. The van der Waals surface area contributed by atoms with Crippen molar-refractivity contribution in [2.24, 2.45) is 0 Å². The molecule has 35 heavy (non-hydrogen) atoms. The summed E-state index contributed by atoms with van der Waals surface area (Å²) in [6, 6.07) is 11.5. The van der Waals surface area contributed by atoms with Crippen LogP contribution in [0, 0.1) is 0 Å². The van der Waals surface area contributed by atoms with Crippen LogP contribution in [-0.2, 0) is 34.0 Å². The third-order valence-electron chi connectivity index (χ3n) is 5.11. The summed E-state index contributed by atoms with van der Waals surface area (Å²) in [7, 11) is -3.58. The molecule has 0 fully saturated rings. The second kappa shape index (κ2) is 9.41. The van der Waals surface area contributed by atoms with Crippen molar-refractivity contribution in [1.29, 1.82) is 0 Å². The van der Waals surface area contributed by atoms with Crippen molar-refractivity contribution >= 4 is 44.8 Å². The number of rotatable bonds is 7. The van der Waals surface area contributed by atoms with Crippen LogP contribution in [0.25, 0.3) is 0 Å². The molecule has 2 aromatic carbocycles. The van der Waals surface area contributed by atoms with Gasteiger partial charge in [0.2, 0.25) is 21.9 Å². The minimum atomic E-state index is -4.71. The summed E-state index contributed by atoms with van der Waals surface area (Å²) < 4.78 is 66.3. The van der Waals surface area contributed by atoms with Crippen molar-refractivity contribution in [3.8, 4) is 0 Å². The number of nitrogens with one attached hydrogen (secondary N) is 4. The van der Waals surface area contributed by atoms with Gasteiger partial charge >= 0.3 is 6.18 Å². The lowest BCUT2D eigenvalue weighted by molar-refractivity contribution is -0.137. The van der Waals surface area contributed by atoms with Crippen molar-refractivity contribution in [3.63, 3.8) is 0 Å². The molecule has 4 N–H and O–H groups in total. The van der Waals surface area contributed by atoms with Crippen LogP contribution in [0.15, 0.2) is 48.7 Å². The van der Waals surface area contributed by atoms with Crippen molar-refractivity contribution in [2.75, 3.05) is 26.9 Å². The van der Waals surface area contributed by atoms with Gasteiger partial charge in [-0.15, -0.1) is 0 Å². The predicted molar refractivity (Wildman–Crippen MR) is 126 cm³/mol. The maximum Gasteiger partial charge on any atom is 0.421 e. The summed E-state index contributed by atoms with van der Waals surface area (Å²) in [5.74, 6) is -0.606. The summed E-state index contributed by atoms with van der Waals surface area (Å²) >= 11 is 0. The third-order valence-corrected chi connectivity index (χ3v) is 5.70. The molecule has 0 aliphatic carbocycles. The van der Waals surface area contributed by atoms with E-state index in [2.05, 4.69) is 30.6 Å². The van der Waals surface area contributed by atoms with Gasteiger partial charge < -0.3 is 16.0 Å². The predicted octanol–water partition coefficient (Wildman–Crippen LogP) is 4.11. The van der Waals surface area contributed by atoms with Gasteiger partial charge in [-0.1, -0.05) is 18.2 Å². The monoisotopic (exact) mass is 506 g/mol. The Morgan fingerprint density at radius 3 is 2.63 bits per heavy atom. The average molecular weight is 507 g/mol. The highest BCUT2D eigenvalue weighted by Gasteiger charge is 2.35. The zero-order valence-electron chi connectivity index (χ0n) is 18.4. The van der Waals surface area contributed by atoms with Crippen LogP contribution in [0.1, 0.15) is 23.1 Å². The van der Waals surface area contributed by atoms with E-state index in [0.29, 0.717) is 36.0 Å². The zero-order valence-corrected chi connectivity index (χ0v) is 19.2. The Bertz CT molecular complexity index is 1380. The summed E-state index contributed by atoms with van der Waals surface area (Å²) in [6.07, 6.45) is -2.17. The lowest BCUT2D eigenvalue weighted by Gasteiger charge is -2.18. The smallest absolute Gasteiger partial charge is 0.365 e. The topological polar surface area (TPSA) is 125 Å². The van der Waals surface area contributed by atoms with Gasteiger partial charge in [0.15, 0.2) is 0 Å². The standard InChI is InChI=1S/C22H21F3N6O3S/c1-35(33,34)31-18-5-3-2-4-14(18)11-26-20-16(22(23,24)25)12-27-21(30-20)28-15-7-8-17-13(10-15)6-9-19(32)29-17/h2-5,7-8,10,12,31H,6,9,11H2,1H3,(H,29,32)(H2,26,27,28,30). The van der Waals surface area contributed by atoms with Gasteiger partial charge in [0.25, 0.3) is 0 Å². The Labute approximate surface area is 199 Å². The van der Waals surface area contributed by atoms with Crippen molar-refractivity contribution < 1.29 is 26.4 Å². The first kappa shape index (κ1) is 24.3. The molecule has 1 amide bonds. The number of carbonyl (C=O) groups excluding carboxylic acids is 1. The fourth-order valence-corrected chi connectivity index (χ4v) is 4.13. The molecule has 0 bridgehead atoms. The Morgan fingerprint density at radius 1 is 1.11 bits per heavy atom. The van der Waals surface area contributed by atoms with Gasteiger partial charge in [0, 0.05) is 30.5 Å². The molecule has 9 nitrogen and oxygen atoms in total. The van der Waals surface area contributed by atoms with Gasteiger partial charge in [-0.25, -0.2) is 13.4 Å². The lowest BCUT2D eigenvalue weighted by atomic mass is 10.0. The number of para-hydroxylation sites is 1. The van der Waals surface area contributed by atoms with Crippen molar-refractivity contribution in [3.05, 3.63) is 65.4 Å². The first-order valence-electron chi connectivity index (χ1n) is 10.4. The fourth-order valence-electron chi connectivity index (χ4n) is 3.53. The van der Waals surface area contributed by atoms with Crippen molar-refractivity contribution in [1.82, 2.24) is 9.97 Å². The van der Waals surface area contributed by atoms with Crippen LogP contribution in [0.4, 0.5) is 42.0 Å². The average Bonchev–Trinajstić information content (AvgIpc) is 2.77. The number of carbonyl (C=O) groups is 1. The highest BCUT2D eigenvalue weighted by molar-refractivity contribution is 7.92. The minimum absolute atomic E-state index is 0.0668. The molecule has 184 valence electrons. The van der Waals surface area contributed by atoms with Gasteiger partial charge in [-0.2, -0.15) is 18.2 Å². The molecule has 0 spiro atoms. The molecular formula is C22H21F3N6O3S. The number of benzene rings is 2. The maximum atomic E-state index is 13.6. The lowest BCUT2D eigenvalue weighted by Crippen LogP contribution is -2.19. The number of hydrogen-bond acceptors (Lipinski definition) is 7. The van der Waals surface area contributed by atoms with E-state index in [4.69, 9.17) is 0 Å². The molecule has 1 aliphatic rings. The quantitative estimate of drug-likeness (QED) is 0.380. The molecule has 13 heteroatoms. The number of nitrogens with zero attached hydrogens (tertiary/aromatic N) is 2. The van der Waals surface area contributed by atoms with Gasteiger partial charge in [0.1, 0.15) is 11.4 Å².